The molecule has 0 aliphatic heterocycles. The van der Waals surface area contributed by atoms with Crippen LogP contribution < -0.4 is 24.8 Å². The quantitative estimate of drug-likeness (QED) is 0.688. The van der Waals surface area contributed by atoms with E-state index in [1.54, 1.807) is 21.3 Å². The molecule has 5 nitrogen and oxygen atoms in total. The monoisotopic (exact) mass is 374 g/mol. The number of nitrogens with one attached hydrogen (secondary N) is 2. The summed E-state index contributed by atoms with van der Waals surface area (Å²) in [6.45, 7) is 4.27. The number of anilines is 2. The van der Waals surface area contributed by atoms with Crippen molar-refractivity contribution in [1.82, 2.24) is 0 Å². The second-order valence-electron chi connectivity index (χ2n) is 5.65. The maximum Gasteiger partial charge on any atom is 0.203 e. The van der Waals surface area contributed by atoms with E-state index in [9.17, 15) is 0 Å². The van der Waals surface area contributed by atoms with Gasteiger partial charge in [-0.2, -0.15) is 0 Å². The highest BCUT2D eigenvalue weighted by atomic mass is 32.1. The van der Waals surface area contributed by atoms with E-state index in [1.165, 1.54) is 11.1 Å². The second-order valence-corrected chi connectivity index (χ2v) is 6.06. The molecule has 0 spiro atoms. The third-order valence-electron chi connectivity index (χ3n) is 4.16. The molecule has 26 heavy (non-hydrogen) atoms. The van der Waals surface area contributed by atoms with Crippen LogP contribution in [0.15, 0.2) is 30.3 Å². The summed E-state index contributed by atoms with van der Waals surface area (Å²) in [6, 6.07) is 9.95. The number of thiocarbonyl (C=S) groups is 1. The fourth-order valence-corrected chi connectivity index (χ4v) is 3.05. The third-order valence-corrected chi connectivity index (χ3v) is 4.36. The van der Waals surface area contributed by atoms with Gasteiger partial charge in [0.1, 0.15) is 0 Å². The number of rotatable bonds is 7. The first-order valence-electron chi connectivity index (χ1n) is 8.56. The molecule has 0 fully saturated rings. The Morgan fingerprint density at radius 3 is 1.85 bits per heavy atom. The van der Waals surface area contributed by atoms with Crippen LogP contribution in [-0.2, 0) is 12.8 Å². The lowest BCUT2D eigenvalue weighted by atomic mass is 10.0. The summed E-state index contributed by atoms with van der Waals surface area (Å²) in [5, 5.41) is 7.05. The Balaban J connectivity index is 2.26. The van der Waals surface area contributed by atoms with Crippen molar-refractivity contribution in [2.24, 2.45) is 0 Å². The molecule has 0 aliphatic rings. The minimum absolute atomic E-state index is 0.509. The summed E-state index contributed by atoms with van der Waals surface area (Å²) < 4.78 is 16.1. The van der Waals surface area contributed by atoms with E-state index >= 15 is 0 Å². The Bertz CT molecular complexity index is 730. The molecule has 0 saturated carbocycles. The van der Waals surface area contributed by atoms with E-state index < -0.39 is 0 Å². The summed E-state index contributed by atoms with van der Waals surface area (Å²) >= 11 is 5.52. The van der Waals surface area contributed by atoms with Gasteiger partial charge in [0.05, 0.1) is 21.3 Å². The first kappa shape index (κ1) is 19.8. The van der Waals surface area contributed by atoms with Crippen LogP contribution in [0.3, 0.4) is 0 Å². The molecule has 0 radical (unpaired) electrons. The molecule has 6 heteroatoms. The summed E-state index contributed by atoms with van der Waals surface area (Å²) in [5.74, 6) is 1.68. The molecular formula is C20H26N2O3S. The SMILES string of the molecule is CCc1cccc(CC)c1NC(=S)Nc1cc(OC)c(OC)c(OC)c1. The lowest BCUT2D eigenvalue weighted by Gasteiger charge is -2.18. The van der Waals surface area contributed by atoms with Crippen LogP contribution in [0.2, 0.25) is 0 Å². The molecule has 0 aliphatic carbocycles. The zero-order chi connectivity index (χ0) is 19.1. The molecule has 140 valence electrons. The highest BCUT2D eigenvalue weighted by molar-refractivity contribution is 7.80. The summed E-state index contributed by atoms with van der Waals surface area (Å²) in [4.78, 5) is 0. The highest BCUT2D eigenvalue weighted by Crippen LogP contribution is 2.40. The normalized spacial score (nSPS) is 10.2. The number of para-hydroxylation sites is 1. The smallest absolute Gasteiger partial charge is 0.203 e. The van der Waals surface area contributed by atoms with E-state index in [2.05, 4.69) is 42.7 Å². The molecule has 2 rings (SSSR count). The predicted octanol–water partition coefficient (Wildman–Crippen LogP) is 4.65. The van der Waals surface area contributed by atoms with E-state index in [0.717, 1.165) is 24.2 Å². The molecule has 0 unspecified atom stereocenters. The third kappa shape index (κ3) is 4.38. The molecule has 0 atom stereocenters. The number of aryl methyl sites for hydroxylation is 2. The van der Waals surface area contributed by atoms with Gasteiger partial charge >= 0.3 is 0 Å². The minimum Gasteiger partial charge on any atom is -0.493 e. The van der Waals surface area contributed by atoms with E-state index in [4.69, 9.17) is 26.4 Å². The Morgan fingerprint density at radius 1 is 0.885 bits per heavy atom. The van der Waals surface area contributed by atoms with Crippen molar-refractivity contribution < 1.29 is 14.2 Å². The average molecular weight is 375 g/mol. The first-order valence-corrected chi connectivity index (χ1v) is 8.97. The fraction of sp³-hybridized carbons (Fsp3) is 0.350. The maximum atomic E-state index is 5.52. The Kier molecular flexibility index (Phi) is 7.09. The Labute approximate surface area is 160 Å². The van der Waals surface area contributed by atoms with Gasteiger partial charge in [-0.1, -0.05) is 32.0 Å². The molecular weight excluding hydrogens is 348 g/mol. The van der Waals surface area contributed by atoms with Gasteiger partial charge in [0, 0.05) is 23.5 Å². The lowest BCUT2D eigenvalue weighted by Crippen LogP contribution is -2.21. The van der Waals surface area contributed by atoms with E-state index in [1.807, 2.05) is 12.1 Å². The van der Waals surface area contributed by atoms with Crippen LogP contribution in [0.25, 0.3) is 0 Å². The van der Waals surface area contributed by atoms with Crippen molar-refractivity contribution in [3.63, 3.8) is 0 Å². The van der Waals surface area contributed by atoms with E-state index in [0.29, 0.717) is 22.4 Å². The van der Waals surface area contributed by atoms with Crippen molar-refractivity contribution in [2.45, 2.75) is 26.7 Å². The number of hydrogen-bond donors (Lipinski definition) is 2. The zero-order valence-corrected chi connectivity index (χ0v) is 16.8. The van der Waals surface area contributed by atoms with Crippen molar-refractivity contribution >= 4 is 28.7 Å². The van der Waals surface area contributed by atoms with Crippen molar-refractivity contribution in [2.75, 3.05) is 32.0 Å². The number of methoxy groups -OCH3 is 3. The van der Waals surface area contributed by atoms with Gasteiger partial charge in [-0.05, 0) is 36.2 Å². The predicted molar refractivity (Wildman–Crippen MR) is 111 cm³/mol. The molecule has 2 aromatic rings. The van der Waals surface area contributed by atoms with Crippen LogP contribution in [0, 0.1) is 0 Å². The zero-order valence-electron chi connectivity index (χ0n) is 15.9. The largest absolute Gasteiger partial charge is 0.493 e. The number of hydrogen-bond acceptors (Lipinski definition) is 4. The van der Waals surface area contributed by atoms with Crippen molar-refractivity contribution in [1.29, 1.82) is 0 Å². The second kappa shape index (κ2) is 9.29. The Morgan fingerprint density at radius 2 is 1.42 bits per heavy atom. The topological polar surface area (TPSA) is 51.8 Å². The first-order chi connectivity index (χ1) is 12.6. The Hall–Kier alpha value is -2.47. The minimum atomic E-state index is 0.509. The van der Waals surface area contributed by atoms with Gasteiger partial charge in [0.25, 0.3) is 0 Å². The van der Waals surface area contributed by atoms with Crippen molar-refractivity contribution in [3.05, 3.63) is 41.5 Å². The summed E-state index contributed by atoms with van der Waals surface area (Å²) in [7, 11) is 4.75. The maximum absolute atomic E-state index is 5.52. The molecule has 0 amide bonds. The van der Waals surface area contributed by atoms with Crippen molar-refractivity contribution in [3.8, 4) is 17.2 Å². The average Bonchev–Trinajstić information content (AvgIpc) is 2.67. The van der Waals surface area contributed by atoms with Gasteiger partial charge in [0.15, 0.2) is 16.6 Å². The molecule has 0 aromatic heterocycles. The molecule has 0 heterocycles. The van der Waals surface area contributed by atoms with Crippen LogP contribution in [0.4, 0.5) is 11.4 Å². The summed E-state index contributed by atoms with van der Waals surface area (Å²) in [5.41, 5.74) is 4.29. The lowest BCUT2D eigenvalue weighted by molar-refractivity contribution is 0.324. The van der Waals surface area contributed by atoms with Gasteiger partial charge in [-0.25, -0.2) is 0 Å². The molecule has 2 aromatic carbocycles. The van der Waals surface area contributed by atoms with E-state index in [-0.39, 0.29) is 0 Å². The number of ether oxygens (including phenoxy) is 3. The molecule has 2 N–H and O–H groups in total. The van der Waals surface area contributed by atoms with Gasteiger partial charge < -0.3 is 24.8 Å². The van der Waals surface area contributed by atoms with Gasteiger partial charge in [-0.3, -0.25) is 0 Å². The van der Waals surface area contributed by atoms with Gasteiger partial charge in [0.2, 0.25) is 5.75 Å². The fourth-order valence-electron chi connectivity index (χ4n) is 2.83. The molecule has 0 bridgehead atoms. The van der Waals surface area contributed by atoms with Crippen LogP contribution in [0.1, 0.15) is 25.0 Å². The summed E-state index contributed by atoms with van der Waals surface area (Å²) in [6.07, 6.45) is 1.87. The highest BCUT2D eigenvalue weighted by Gasteiger charge is 2.14. The van der Waals surface area contributed by atoms with Gasteiger partial charge in [-0.15, -0.1) is 0 Å². The van der Waals surface area contributed by atoms with Crippen LogP contribution in [0.5, 0.6) is 17.2 Å². The standard InChI is InChI=1S/C20H26N2O3S/c1-6-13-9-8-10-14(7-2)18(13)22-20(26)21-15-11-16(23-3)19(25-5)17(12-15)24-4/h8-12H,6-7H2,1-5H3,(H2,21,22,26). The molecule has 0 saturated heterocycles. The number of benzene rings is 2. The van der Waals surface area contributed by atoms with Crippen LogP contribution >= 0.6 is 12.2 Å². The van der Waals surface area contributed by atoms with Crippen LogP contribution in [-0.4, -0.2) is 26.4 Å².